The van der Waals surface area contributed by atoms with Crippen molar-refractivity contribution >= 4 is 10.9 Å². The van der Waals surface area contributed by atoms with Gasteiger partial charge in [0.25, 0.3) is 0 Å². The number of pyridine rings is 1. The number of aromatic amines is 1. The second-order valence-electron chi connectivity index (χ2n) is 7.92. The molecular formula is C26H27N3O2. The molecular weight excluding hydrogens is 386 g/mol. The first kappa shape index (κ1) is 19.8. The van der Waals surface area contributed by atoms with Gasteiger partial charge in [0.2, 0.25) is 0 Å². The van der Waals surface area contributed by atoms with Crippen LogP contribution in [0.4, 0.5) is 0 Å². The monoisotopic (exact) mass is 413 g/mol. The molecule has 0 atom stereocenters. The van der Waals surface area contributed by atoms with Gasteiger partial charge >= 0.3 is 0 Å². The number of nitrogens with one attached hydrogen (secondary N) is 1. The molecule has 1 saturated heterocycles. The van der Waals surface area contributed by atoms with Crippen molar-refractivity contribution in [2.45, 2.75) is 6.42 Å². The predicted octanol–water partition coefficient (Wildman–Crippen LogP) is 4.78. The van der Waals surface area contributed by atoms with Crippen molar-refractivity contribution in [3.8, 4) is 28.0 Å². The molecule has 0 aliphatic carbocycles. The summed E-state index contributed by atoms with van der Waals surface area (Å²) in [6, 6.07) is 18.9. The number of aromatic nitrogens is 2. The van der Waals surface area contributed by atoms with Crippen LogP contribution in [0, 0.1) is 0 Å². The van der Waals surface area contributed by atoms with E-state index in [-0.39, 0.29) is 0 Å². The van der Waals surface area contributed by atoms with Crippen LogP contribution in [0.1, 0.15) is 5.69 Å². The summed E-state index contributed by atoms with van der Waals surface area (Å²) in [7, 11) is 1.71. The van der Waals surface area contributed by atoms with E-state index in [2.05, 4.69) is 57.3 Å². The number of hydrogen-bond donors (Lipinski definition) is 1. The van der Waals surface area contributed by atoms with Gasteiger partial charge in [0, 0.05) is 71.7 Å². The Morgan fingerprint density at radius 1 is 0.968 bits per heavy atom. The van der Waals surface area contributed by atoms with Gasteiger partial charge in [-0.15, -0.1) is 0 Å². The lowest BCUT2D eigenvalue weighted by Crippen LogP contribution is -2.37. The third kappa shape index (κ3) is 4.20. The summed E-state index contributed by atoms with van der Waals surface area (Å²) in [4.78, 5) is 10.7. The second-order valence-corrected chi connectivity index (χ2v) is 7.92. The Hall–Kier alpha value is -3.15. The van der Waals surface area contributed by atoms with Crippen LogP contribution in [0.3, 0.4) is 0 Å². The largest absolute Gasteiger partial charge is 0.497 e. The number of ether oxygens (including phenoxy) is 2. The first-order valence-electron chi connectivity index (χ1n) is 10.8. The molecule has 3 heterocycles. The molecule has 0 amide bonds. The molecule has 2 aromatic heterocycles. The molecule has 0 radical (unpaired) electrons. The van der Waals surface area contributed by atoms with Crippen LogP contribution in [0.5, 0.6) is 5.75 Å². The zero-order chi connectivity index (χ0) is 21.0. The Morgan fingerprint density at radius 3 is 2.58 bits per heavy atom. The number of H-pyrrole nitrogens is 1. The van der Waals surface area contributed by atoms with E-state index in [4.69, 9.17) is 9.47 Å². The maximum atomic E-state index is 5.52. The molecule has 1 N–H and O–H groups in total. The minimum Gasteiger partial charge on any atom is -0.497 e. The second kappa shape index (κ2) is 8.92. The summed E-state index contributed by atoms with van der Waals surface area (Å²) in [5.41, 5.74) is 6.99. The van der Waals surface area contributed by atoms with Gasteiger partial charge in [-0.1, -0.05) is 30.3 Å². The zero-order valence-electron chi connectivity index (χ0n) is 17.8. The van der Waals surface area contributed by atoms with Crippen LogP contribution in [-0.2, 0) is 11.2 Å². The highest BCUT2D eigenvalue weighted by Gasteiger charge is 2.17. The summed E-state index contributed by atoms with van der Waals surface area (Å²) in [6.45, 7) is 4.63. The third-order valence-corrected chi connectivity index (χ3v) is 6.00. The lowest BCUT2D eigenvalue weighted by molar-refractivity contribution is 0.0384. The summed E-state index contributed by atoms with van der Waals surface area (Å²) < 4.78 is 11.0. The fraction of sp³-hybridized carbons (Fsp3) is 0.269. The van der Waals surface area contributed by atoms with E-state index in [1.807, 2.05) is 24.5 Å². The van der Waals surface area contributed by atoms with Gasteiger partial charge in [0.1, 0.15) is 5.75 Å². The van der Waals surface area contributed by atoms with Crippen LogP contribution >= 0.6 is 0 Å². The van der Waals surface area contributed by atoms with E-state index in [1.165, 1.54) is 22.2 Å². The topological polar surface area (TPSA) is 50.4 Å². The maximum absolute atomic E-state index is 5.52. The molecule has 1 fully saturated rings. The van der Waals surface area contributed by atoms with Gasteiger partial charge in [-0.2, -0.15) is 0 Å². The maximum Gasteiger partial charge on any atom is 0.119 e. The highest BCUT2D eigenvalue weighted by atomic mass is 16.5. The number of morpholine rings is 1. The highest BCUT2D eigenvalue weighted by molar-refractivity contribution is 5.98. The zero-order valence-corrected chi connectivity index (χ0v) is 17.8. The number of rotatable bonds is 6. The SMILES string of the molecule is COc1ccc2[nH]c(CCN3CCOCC3)c(-c3cncc(-c4ccccc4)c3)c2c1. The smallest absolute Gasteiger partial charge is 0.119 e. The van der Waals surface area contributed by atoms with Gasteiger partial charge in [-0.05, 0) is 29.8 Å². The molecule has 4 aromatic rings. The van der Waals surface area contributed by atoms with Crippen LogP contribution in [0.2, 0.25) is 0 Å². The quantitative estimate of drug-likeness (QED) is 0.494. The fourth-order valence-electron chi connectivity index (χ4n) is 4.33. The predicted molar refractivity (Wildman–Crippen MR) is 124 cm³/mol. The van der Waals surface area contributed by atoms with E-state index >= 15 is 0 Å². The minimum absolute atomic E-state index is 0.819. The van der Waals surface area contributed by atoms with Crippen LogP contribution < -0.4 is 4.74 Å². The van der Waals surface area contributed by atoms with Gasteiger partial charge in [0.15, 0.2) is 0 Å². The van der Waals surface area contributed by atoms with Crippen molar-refractivity contribution < 1.29 is 9.47 Å². The molecule has 31 heavy (non-hydrogen) atoms. The number of methoxy groups -OCH3 is 1. The Labute approximate surface area is 182 Å². The average Bonchev–Trinajstić information content (AvgIpc) is 3.21. The summed E-state index contributed by atoms with van der Waals surface area (Å²) in [5.74, 6) is 0.861. The lowest BCUT2D eigenvalue weighted by Gasteiger charge is -2.26. The number of nitrogens with zero attached hydrogens (tertiary/aromatic N) is 2. The molecule has 0 unspecified atom stereocenters. The molecule has 2 aromatic carbocycles. The standard InChI is InChI=1S/C26H27N3O2/c1-30-22-7-8-24-23(16-22)26(25(28-24)9-10-29-11-13-31-14-12-29)21-15-20(17-27-18-21)19-5-3-2-4-6-19/h2-8,15-18,28H,9-14H2,1H3. The highest BCUT2D eigenvalue weighted by Crippen LogP contribution is 2.36. The van der Waals surface area contributed by atoms with Crippen molar-refractivity contribution in [3.63, 3.8) is 0 Å². The van der Waals surface area contributed by atoms with E-state index in [1.54, 1.807) is 7.11 Å². The Balaban J connectivity index is 1.57. The number of fused-ring (bicyclic) bond motifs is 1. The molecule has 0 bridgehead atoms. The summed E-state index contributed by atoms with van der Waals surface area (Å²) >= 11 is 0. The Bertz CT molecular complexity index is 1160. The van der Waals surface area contributed by atoms with E-state index in [0.29, 0.717) is 0 Å². The minimum atomic E-state index is 0.819. The average molecular weight is 414 g/mol. The first-order valence-corrected chi connectivity index (χ1v) is 10.8. The summed E-state index contributed by atoms with van der Waals surface area (Å²) in [6.07, 6.45) is 4.84. The van der Waals surface area contributed by atoms with Crippen molar-refractivity contribution in [2.75, 3.05) is 40.0 Å². The van der Waals surface area contributed by atoms with Gasteiger partial charge in [0.05, 0.1) is 20.3 Å². The van der Waals surface area contributed by atoms with E-state index in [9.17, 15) is 0 Å². The first-order chi connectivity index (χ1) is 15.3. The normalized spacial score (nSPS) is 14.7. The van der Waals surface area contributed by atoms with Crippen molar-refractivity contribution in [1.29, 1.82) is 0 Å². The van der Waals surface area contributed by atoms with Crippen molar-refractivity contribution in [3.05, 3.63) is 72.7 Å². The fourth-order valence-corrected chi connectivity index (χ4v) is 4.33. The van der Waals surface area contributed by atoms with E-state index in [0.717, 1.165) is 61.7 Å². The van der Waals surface area contributed by atoms with Gasteiger partial charge in [-0.3, -0.25) is 9.88 Å². The molecule has 158 valence electrons. The van der Waals surface area contributed by atoms with Crippen molar-refractivity contribution in [2.24, 2.45) is 0 Å². The van der Waals surface area contributed by atoms with Gasteiger partial charge in [-0.25, -0.2) is 0 Å². The molecule has 1 aliphatic rings. The summed E-state index contributed by atoms with van der Waals surface area (Å²) in [5, 5.41) is 1.17. The molecule has 5 nitrogen and oxygen atoms in total. The van der Waals surface area contributed by atoms with Crippen LogP contribution in [0.25, 0.3) is 33.2 Å². The van der Waals surface area contributed by atoms with Crippen LogP contribution in [-0.4, -0.2) is 54.8 Å². The van der Waals surface area contributed by atoms with E-state index < -0.39 is 0 Å². The molecule has 0 spiro atoms. The Kier molecular flexibility index (Phi) is 5.69. The lowest BCUT2D eigenvalue weighted by atomic mass is 9.98. The molecule has 0 saturated carbocycles. The number of benzene rings is 2. The third-order valence-electron chi connectivity index (χ3n) is 6.00. The molecule has 5 rings (SSSR count). The molecule has 5 heteroatoms. The van der Waals surface area contributed by atoms with Crippen molar-refractivity contribution in [1.82, 2.24) is 14.9 Å². The van der Waals surface area contributed by atoms with Gasteiger partial charge < -0.3 is 14.5 Å². The molecule has 1 aliphatic heterocycles. The number of hydrogen-bond acceptors (Lipinski definition) is 4. The van der Waals surface area contributed by atoms with Crippen LogP contribution in [0.15, 0.2) is 67.0 Å². The Morgan fingerprint density at radius 2 is 1.77 bits per heavy atom.